The summed E-state index contributed by atoms with van der Waals surface area (Å²) in [5.41, 5.74) is 11.9. The van der Waals surface area contributed by atoms with Crippen LogP contribution in [0.1, 0.15) is 21.5 Å². The number of benzene rings is 9. The fourth-order valence-electron chi connectivity index (χ4n) is 9.82. The van der Waals surface area contributed by atoms with Crippen molar-refractivity contribution in [3.63, 3.8) is 0 Å². The van der Waals surface area contributed by atoms with E-state index in [-0.39, 0.29) is 5.91 Å². The molecule has 7 heterocycles. The van der Waals surface area contributed by atoms with E-state index in [0.29, 0.717) is 61.3 Å². The van der Waals surface area contributed by atoms with Gasteiger partial charge in [0.1, 0.15) is 15.9 Å². The lowest BCUT2D eigenvalue weighted by Crippen LogP contribution is -2.19. The summed E-state index contributed by atoms with van der Waals surface area (Å²) < 4.78 is 9.60. The Bertz CT molecular complexity index is 5560. The second-order valence-corrected chi connectivity index (χ2v) is 25.4. The maximum Gasteiger partial charge on any atom is 0.323 e. The Morgan fingerprint density at radius 3 is 1.89 bits per heavy atom. The Labute approximate surface area is 608 Å². The Hall–Kier alpha value is -12.3. The van der Waals surface area contributed by atoms with E-state index in [0.717, 1.165) is 86.2 Å². The van der Waals surface area contributed by atoms with Gasteiger partial charge in [-0.1, -0.05) is 116 Å². The number of nitriles is 2. The van der Waals surface area contributed by atoms with Crippen molar-refractivity contribution in [3.8, 4) is 29.3 Å². The molecule has 0 saturated heterocycles. The van der Waals surface area contributed by atoms with Crippen LogP contribution >= 0.6 is 67.4 Å². The third-order valence-corrected chi connectivity index (χ3v) is 17.2. The fraction of sp³-hybridized carbons (Fsp3) is 0.0270. The zero-order valence-corrected chi connectivity index (χ0v) is 58.7. The molecule has 0 fully saturated rings. The van der Waals surface area contributed by atoms with Crippen LogP contribution in [-0.4, -0.2) is 73.9 Å². The van der Waals surface area contributed by atoms with Gasteiger partial charge in [-0.25, -0.2) is 19.7 Å². The highest BCUT2D eigenvalue weighted by Crippen LogP contribution is 2.42. The van der Waals surface area contributed by atoms with Crippen LogP contribution in [0.3, 0.4) is 0 Å². The van der Waals surface area contributed by atoms with Gasteiger partial charge in [-0.3, -0.25) is 14.6 Å². The molecule has 101 heavy (non-hydrogen) atoms. The van der Waals surface area contributed by atoms with Gasteiger partial charge in [0.2, 0.25) is 11.8 Å². The van der Waals surface area contributed by atoms with Crippen molar-refractivity contribution in [1.82, 2.24) is 54.9 Å². The molecule has 16 rings (SSSR count). The van der Waals surface area contributed by atoms with Gasteiger partial charge in [-0.05, 0) is 186 Å². The van der Waals surface area contributed by atoms with Crippen LogP contribution < -0.4 is 36.6 Å². The lowest BCUT2D eigenvalue weighted by Gasteiger charge is -2.18. The second-order valence-electron chi connectivity index (χ2n) is 21.7. The highest BCUT2D eigenvalue weighted by atomic mass is 79.9. The van der Waals surface area contributed by atoms with Gasteiger partial charge < -0.3 is 46.6 Å². The van der Waals surface area contributed by atoms with E-state index in [1.807, 2.05) is 147 Å². The van der Waals surface area contributed by atoms with Gasteiger partial charge in [0.05, 0.1) is 75.4 Å². The smallest absolute Gasteiger partial charge is 0.323 e. The number of carbonyl (C=O) groups excluding carboxylic acids is 2. The first-order chi connectivity index (χ1) is 49.2. The predicted octanol–water partition coefficient (Wildman–Crippen LogP) is 19.1. The first-order valence-corrected chi connectivity index (χ1v) is 33.8. The largest absolute Gasteiger partial charge is 0.481 e. The number of pyridine rings is 1. The van der Waals surface area contributed by atoms with Crippen LogP contribution in [0.4, 0.5) is 56.6 Å². The lowest BCUT2D eigenvalue weighted by atomic mass is 10.1. The van der Waals surface area contributed by atoms with E-state index in [1.54, 1.807) is 96.9 Å². The molecule has 0 bridgehead atoms. The summed E-state index contributed by atoms with van der Waals surface area (Å²) in [5, 5.41) is 52.2. The minimum Gasteiger partial charge on any atom is -0.481 e. The quantitative estimate of drug-likeness (QED) is 0.0575. The maximum absolute atomic E-state index is 12.1. The summed E-state index contributed by atoms with van der Waals surface area (Å²) >= 11 is 19.2. The van der Waals surface area contributed by atoms with Gasteiger partial charge in [0, 0.05) is 61.5 Å². The number of imidazole rings is 1. The van der Waals surface area contributed by atoms with E-state index in [4.69, 9.17) is 39.1 Å². The van der Waals surface area contributed by atoms with Crippen LogP contribution in [0.15, 0.2) is 256 Å². The fourth-order valence-corrected chi connectivity index (χ4v) is 11.6. The number of rotatable bonds is 10. The minimum atomic E-state index is -0.412. The van der Waals surface area contributed by atoms with Crippen molar-refractivity contribution in [2.45, 2.75) is 10.1 Å². The number of aryl methyl sites for hydroxylation is 1. The number of urea groups is 1. The Morgan fingerprint density at radius 1 is 0.604 bits per heavy atom. The third-order valence-electron chi connectivity index (χ3n) is 14.7. The highest BCUT2D eigenvalue weighted by Gasteiger charge is 2.21. The molecule has 496 valence electrons. The molecule has 15 aromatic rings. The number of anilines is 9. The number of aromatic nitrogens is 11. The zero-order chi connectivity index (χ0) is 70.2. The molecule has 0 radical (unpaired) electrons. The van der Waals surface area contributed by atoms with Crippen LogP contribution in [0, 0.1) is 27.4 Å². The molecule has 3 amide bonds. The number of halogens is 3. The molecular weight excluding hydrogens is 1460 g/mol. The molecule has 27 heteroatoms. The second kappa shape index (κ2) is 32.4. The summed E-state index contributed by atoms with van der Waals surface area (Å²) in [6, 6.07) is 74.8. The molecular formula is C74H54Br2ClN19O3S2. The topological polar surface area (TPSA) is 306 Å². The average molecular weight is 1520 g/mol. The number of amides is 3. The molecule has 1 aliphatic heterocycles. The van der Waals surface area contributed by atoms with Gasteiger partial charge in [0.25, 0.3) is 5.91 Å². The number of hydrogen-bond acceptors (Lipinski definition) is 17. The number of fused-ring (bicyclic) bond motifs is 6. The molecule has 6 aromatic heterocycles. The van der Waals surface area contributed by atoms with Crippen LogP contribution in [0.25, 0.3) is 55.1 Å². The monoisotopic (exact) mass is 1510 g/mol. The number of carbonyl (C=O) groups is 2. The molecule has 0 unspecified atom stereocenters. The standard InChI is InChI=1S/C18H14Br2N6.C16H12ClN3O.C15H10N4O.C14H10N4OS.C11H8N2S/c1-26-17-15(10-21-26)16(22-13-6-2-11(19)3-7-13)24-18(25-17)23-14-8-4-12(20)5-9-14;17-13-8-6-12(7-9-13)16(21)18-15-10-14(19-20-15)11-4-2-1-3-5-11;16-9-11-4-6-13(7-5-11)18-15(20)19-14-3-1-2-12(8-14)10-17;1-19-11-7-6-10-13(18-11)20-14-12(16-10)15-8-4-2-3-5-9(8)17-14;14-11-12-9-5-7-3-1-2-4-8(7)6-10(9)13-11/h2-10H,1H3,(H2,22,23,24,25);1-10H,(H2,18,19,20,21);1-8H,(H2,18,19,20);2-7H,1H3,(H,15,16);1-6H,(H2,12,13,14). The molecule has 22 nitrogen and oxygen atoms in total. The summed E-state index contributed by atoms with van der Waals surface area (Å²) in [7, 11) is 3.47. The van der Waals surface area contributed by atoms with E-state index < -0.39 is 6.03 Å². The van der Waals surface area contributed by atoms with Crippen molar-refractivity contribution in [2.24, 2.45) is 7.05 Å². The van der Waals surface area contributed by atoms with Gasteiger partial charge >= 0.3 is 6.03 Å². The van der Waals surface area contributed by atoms with Crippen molar-refractivity contribution < 1.29 is 14.3 Å². The normalized spacial score (nSPS) is 10.8. The van der Waals surface area contributed by atoms with E-state index in [1.165, 1.54) is 22.5 Å². The number of aromatic amines is 3. The SMILES string of the molecule is COc1ccc2c(n1)Sc1nc3ccccc3nc1N2.Cn1ncc2c(Nc3ccc(Br)cc3)nc(Nc3ccc(Br)cc3)nc21.N#Cc1ccc(NC(=O)Nc2cccc(C#N)c2)cc1.O=C(Nc1cc(-c2ccccc2)[nH]n1)c1ccc(Cl)cc1.S=c1[nH]c2cc3ccccc3cc2[nH]1. The third kappa shape index (κ3) is 18.1. The first-order valence-electron chi connectivity index (χ1n) is 30.6. The molecule has 9 N–H and O–H groups in total. The summed E-state index contributed by atoms with van der Waals surface area (Å²) in [4.78, 5) is 52.9. The zero-order valence-electron chi connectivity index (χ0n) is 53.2. The first kappa shape index (κ1) is 68.6. The summed E-state index contributed by atoms with van der Waals surface area (Å²) in [6.45, 7) is 0. The molecule has 9 aromatic carbocycles. The predicted molar refractivity (Wildman–Crippen MR) is 408 cm³/mol. The van der Waals surface area contributed by atoms with Gasteiger partial charge in [0.15, 0.2) is 22.1 Å². The summed E-state index contributed by atoms with van der Waals surface area (Å²) in [5.74, 6) is 2.82. The molecule has 0 spiro atoms. The highest BCUT2D eigenvalue weighted by molar-refractivity contribution is 9.10. The van der Waals surface area contributed by atoms with Crippen molar-refractivity contribution >= 4 is 175 Å². The Kier molecular flexibility index (Phi) is 22.0. The van der Waals surface area contributed by atoms with E-state index in [2.05, 4.69) is 138 Å². The van der Waals surface area contributed by atoms with Crippen LogP contribution in [0.5, 0.6) is 5.88 Å². The molecule has 1 aliphatic rings. The molecule has 0 aliphatic carbocycles. The number of nitrogens with zero attached hydrogens (tertiary/aromatic N) is 10. The summed E-state index contributed by atoms with van der Waals surface area (Å²) in [6.07, 6.45) is 1.76. The van der Waals surface area contributed by atoms with Crippen LogP contribution in [0.2, 0.25) is 5.02 Å². The van der Waals surface area contributed by atoms with Crippen molar-refractivity contribution in [3.05, 3.63) is 272 Å². The number of hydrogen-bond donors (Lipinski definition) is 9. The molecule has 0 saturated carbocycles. The van der Waals surface area contributed by atoms with E-state index in [9.17, 15) is 9.59 Å². The van der Waals surface area contributed by atoms with Crippen molar-refractivity contribution in [2.75, 3.05) is 39.0 Å². The average Bonchev–Trinajstić information content (AvgIpc) is 1.72. The van der Waals surface area contributed by atoms with Crippen molar-refractivity contribution in [1.29, 1.82) is 10.5 Å². The van der Waals surface area contributed by atoms with Gasteiger partial charge in [-0.2, -0.15) is 30.7 Å². The number of H-pyrrole nitrogens is 3. The minimum absolute atomic E-state index is 0.224. The number of ether oxygens (including phenoxy) is 1. The Balaban J connectivity index is 0.000000121. The number of methoxy groups -OCH3 is 1. The Morgan fingerprint density at radius 2 is 1.23 bits per heavy atom. The molecule has 0 atom stereocenters. The lowest BCUT2D eigenvalue weighted by molar-refractivity contribution is 0.102. The number of para-hydroxylation sites is 2. The van der Waals surface area contributed by atoms with Crippen LogP contribution in [-0.2, 0) is 7.05 Å². The number of nitrogens with one attached hydrogen (secondary N) is 9. The maximum atomic E-state index is 12.1. The van der Waals surface area contributed by atoms with Gasteiger partial charge in [-0.15, -0.1) is 0 Å². The van der Waals surface area contributed by atoms with E-state index >= 15 is 0 Å².